The van der Waals surface area contributed by atoms with Crippen LogP contribution in [-0.2, 0) is 0 Å². The standard InChI is InChI=1S/C17H13N3OS/c21-17-19-14-7-6-13(10-15(14)22-17)16(20-9-8-18-11-20)12-4-2-1-3-5-12/h1-11,16H,(H,19,21). The predicted octanol–water partition coefficient (Wildman–Crippen LogP) is 3.42. The Morgan fingerprint density at radius 3 is 2.73 bits per heavy atom. The summed E-state index contributed by atoms with van der Waals surface area (Å²) < 4.78 is 3.05. The molecule has 0 saturated heterocycles. The van der Waals surface area contributed by atoms with E-state index in [1.54, 1.807) is 6.20 Å². The van der Waals surface area contributed by atoms with Gasteiger partial charge < -0.3 is 9.55 Å². The van der Waals surface area contributed by atoms with Crippen LogP contribution in [0.25, 0.3) is 10.2 Å². The Bertz CT molecular complexity index is 954. The topological polar surface area (TPSA) is 50.7 Å². The van der Waals surface area contributed by atoms with Gasteiger partial charge in [-0.25, -0.2) is 4.98 Å². The number of H-pyrrole nitrogens is 1. The molecule has 0 aliphatic heterocycles. The van der Waals surface area contributed by atoms with Crippen molar-refractivity contribution in [2.75, 3.05) is 0 Å². The zero-order valence-corrected chi connectivity index (χ0v) is 12.5. The molecule has 0 radical (unpaired) electrons. The summed E-state index contributed by atoms with van der Waals surface area (Å²) in [5.41, 5.74) is 3.20. The highest BCUT2D eigenvalue weighted by atomic mass is 32.1. The fourth-order valence-corrected chi connectivity index (χ4v) is 3.51. The highest BCUT2D eigenvalue weighted by molar-refractivity contribution is 7.16. The van der Waals surface area contributed by atoms with Crippen molar-refractivity contribution in [2.45, 2.75) is 6.04 Å². The average Bonchev–Trinajstić information content (AvgIpc) is 3.17. The van der Waals surface area contributed by atoms with Gasteiger partial charge in [0.1, 0.15) is 0 Å². The molecule has 4 aromatic rings. The van der Waals surface area contributed by atoms with Crippen molar-refractivity contribution in [3.8, 4) is 0 Å². The van der Waals surface area contributed by atoms with E-state index in [9.17, 15) is 4.79 Å². The van der Waals surface area contributed by atoms with Crippen LogP contribution in [0.5, 0.6) is 0 Å². The van der Waals surface area contributed by atoms with Crippen molar-refractivity contribution < 1.29 is 0 Å². The van der Waals surface area contributed by atoms with E-state index in [2.05, 4.69) is 38.8 Å². The Labute approximate surface area is 130 Å². The number of nitrogens with zero attached hydrogens (tertiary/aromatic N) is 2. The van der Waals surface area contributed by atoms with Gasteiger partial charge >= 0.3 is 4.87 Å². The lowest BCUT2D eigenvalue weighted by Gasteiger charge is -2.19. The van der Waals surface area contributed by atoms with Crippen molar-refractivity contribution >= 4 is 21.6 Å². The monoisotopic (exact) mass is 307 g/mol. The summed E-state index contributed by atoms with van der Waals surface area (Å²) in [4.78, 5) is 18.5. The van der Waals surface area contributed by atoms with E-state index in [1.165, 1.54) is 16.9 Å². The smallest absolute Gasteiger partial charge is 0.305 e. The first-order valence-corrected chi connectivity index (χ1v) is 7.78. The van der Waals surface area contributed by atoms with Gasteiger partial charge in [-0.2, -0.15) is 0 Å². The molecule has 108 valence electrons. The number of hydrogen-bond acceptors (Lipinski definition) is 3. The SMILES string of the molecule is O=c1[nH]c2ccc(C(c3ccccc3)n3ccnc3)cc2s1. The molecule has 0 aliphatic rings. The third-order valence-corrected chi connectivity index (χ3v) is 4.54. The maximum atomic E-state index is 11.5. The Hall–Kier alpha value is -2.66. The second-order valence-corrected chi connectivity index (χ2v) is 6.11. The van der Waals surface area contributed by atoms with Crippen LogP contribution in [0.15, 0.2) is 72.0 Å². The number of thiazole rings is 1. The van der Waals surface area contributed by atoms with Crippen LogP contribution in [0, 0.1) is 0 Å². The molecule has 2 heterocycles. The van der Waals surface area contributed by atoms with E-state index in [4.69, 9.17) is 0 Å². The summed E-state index contributed by atoms with van der Waals surface area (Å²) in [7, 11) is 0. The number of benzene rings is 2. The van der Waals surface area contributed by atoms with Crippen molar-refractivity contribution in [2.24, 2.45) is 0 Å². The Morgan fingerprint density at radius 2 is 1.95 bits per heavy atom. The Morgan fingerprint density at radius 1 is 1.09 bits per heavy atom. The molecule has 0 amide bonds. The number of fused-ring (bicyclic) bond motifs is 1. The van der Waals surface area contributed by atoms with Crippen molar-refractivity contribution in [1.82, 2.24) is 14.5 Å². The summed E-state index contributed by atoms with van der Waals surface area (Å²) >= 11 is 1.24. The fourth-order valence-electron chi connectivity index (χ4n) is 2.73. The second-order valence-electron chi connectivity index (χ2n) is 5.09. The molecule has 2 aromatic carbocycles. The van der Waals surface area contributed by atoms with Gasteiger partial charge in [-0.15, -0.1) is 0 Å². The number of rotatable bonds is 3. The van der Waals surface area contributed by atoms with E-state index in [-0.39, 0.29) is 10.9 Å². The number of aromatic amines is 1. The lowest BCUT2D eigenvalue weighted by Crippen LogP contribution is -2.10. The number of nitrogens with one attached hydrogen (secondary N) is 1. The Balaban J connectivity index is 1.90. The third kappa shape index (κ3) is 2.25. The second kappa shape index (κ2) is 5.27. The predicted molar refractivity (Wildman–Crippen MR) is 88.4 cm³/mol. The first kappa shape index (κ1) is 13.0. The normalized spacial score (nSPS) is 12.5. The molecule has 0 spiro atoms. The Kier molecular flexibility index (Phi) is 3.12. The van der Waals surface area contributed by atoms with Gasteiger partial charge in [0.05, 0.1) is 22.6 Å². The van der Waals surface area contributed by atoms with Crippen LogP contribution in [0.1, 0.15) is 17.2 Å². The van der Waals surface area contributed by atoms with Gasteiger partial charge in [-0.3, -0.25) is 4.79 Å². The zero-order chi connectivity index (χ0) is 14.9. The van der Waals surface area contributed by atoms with Crippen molar-refractivity contribution in [1.29, 1.82) is 0 Å². The lowest BCUT2D eigenvalue weighted by molar-refractivity contribution is 0.677. The molecule has 1 atom stereocenters. The van der Waals surface area contributed by atoms with E-state index >= 15 is 0 Å². The van der Waals surface area contributed by atoms with Crippen molar-refractivity contribution in [3.05, 3.63) is 88.0 Å². The van der Waals surface area contributed by atoms with Gasteiger partial charge in [0.2, 0.25) is 0 Å². The van der Waals surface area contributed by atoms with Gasteiger partial charge in [-0.05, 0) is 23.3 Å². The number of imidazole rings is 1. The van der Waals surface area contributed by atoms with E-state index in [0.717, 1.165) is 15.8 Å². The first-order valence-electron chi connectivity index (χ1n) is 6.96. The summed E-state index contributed by atoms with van der Waals surface area (Å²) in [5.74, 6) is 0. The highest BCUT2D eigenvalue weighted by Crippen LogP contribution is 2.29. The lowest BCUT2D eigenvalue weighted by atomic mass is 9.98. The number of hydrogen-bond donors (Lipinski definition) is 1. The van der Waals surface area contributed by atoms with Crippen LogP contribution in [0.3, 0.4) is 0 Å². The summed E-state index contributed by atoms with van der Waals surface area (Å²) in [6.45, 7) is 0. The maximum absolute atomic E-state index is 11.5. The van der Waals surface area contributed by atoms with Crippen LogP contribution >= 0.6 is 11.3 Å². The van der Waals surface area contributed by atoms with E-state index < -0.39 is 0 Å². The molecule has 0 bridgehead atoms. The molecule has 0 fully saturated rings. The minimum Gasteiger partial charge on any atom is -0.326 e. The quantitative estimate of drug-likeness (QED) is 0.630. The zero-order valence-electron chi connectivity index (χ0n) is 11.6. The molecule has 1 unspecified atom stereocenters. The molecular weight excluding hydrogens is 294 g/mol. The molecule has 4 nitrogen and oxygen atoms in total. The van der Waals surface area contributed by atoms with Crippen LogP contribution < -0.4 is 4.87 Å². The molecule has 22 heavy (non-hydrogen) atoms. The maximum Gasteiger partial charge on any atom is 0.305 e. The van der Waals surface area contributed by atoms with Gasteiger partial charge in [0.25, 0.3) is 0 Å². The summed E-state index contributed by atoms with van der Waals surface area (Å²) in [5, 5.41) is 0. The van der Waals surface area contributed by atoms with Crippen LogP contribution in [0.2, 0.25) is 0 Å². The average molecular weight is 307 g/mol. The number of aromatic nitrogens is 3. The molecular formula is C17H13N3OS. The molecule has 1 N–H and O–H groups in total. The highest BCUT2D eigenvalue weighted by Gasteiger charge is 2.16. The van der Waals surface area contributed by atoms with E-state index in [1.807, 2.05) is 36.8 Å². The van der Waals surface area contributed by atoms with Gasteiger partial charge in [-0.1, -0.05) is 47.7 Å². The molecule has 2 aromatic heterocycles. The minimum absolute atomic E-state index is 0.0222. The van der Waals surface area contributed by atoms with Crippen LogP contribution in [-0.4, -0.2) is 14.5 Å². The molecule has 0 saturated carbocycles. The molecule has 0 aliphatic carbocycles. The molecule has 5 heteroatoms. The fraction of sp³-hybridized carbons (Fsp3) is 0.0588. The molecule has 4 rings (SSSR count). The summed E-state index contributed by atoms with van der Waals surface area (Å²) in [6.07, 6.45) is 5.56. The first-order chi connectivity index (χ1) is 10.8. The van der Waals surface area contributed by atoms with Crippen LogP contribution in [0.4, 0.5) is 0 Å². The largest absolute Gasteiger partial charge is 0.326 e. The minimum atomic E-state index is -0.0222. The summed E-state index contributed by atoms with van der Waals surface area (Å²) in [6, 6.07) is 16.4. The van der Waals surface area contributed by atoms with E-state index in [0.29, 0.717) is 0 Å². The van der Waals surface area contributed by atoms with Gasteiger partial charge in [0.15, 0.2) is 0 Å². The van der Waals surface area contributed by atoms with Crippen molar-refractivity contribution in [3.63, 3.8) is 0 Å². The third-order valence-electron chi connectivity index (χ3n) is 3.70. The van der Waals surface area contributed by atoms with Gasteiger partial charge in [0, 0.05) is 12.4 Å².